The molecule has 1 aromatic carbocycles. The van der Waals surface area contributed by atoms with Crippen molar-refractivity contribution >= 4 is 11.8 Å². The van der Waals surface area contributed by atoms with Gasteiger partial charge in [-0.2, -0.15) is 13.2 Å². The number of nitrogens with one attached hydrogen (secondary N) is 1. The highest BCUT2D eigenvalue weighted by Gasteiger charge is 2.33. The van der Waals surface area contributed by atoms with Gasteiger partial charge in [-0.25, -0.2) is 4.39 Å². The molecule has 0 bridgehead atoms. The Morgan fingerprint density at radius 1 is 1.30 bits per heavy atom. The Kier molecular flexibility index (Phi) is 5.23. The highest BCUT2D eigenvalue weighted by Crippen LogP contribution is 2.21. The van der Waals surface area contributed by atoms with Crippen molar-refractivity contribution < 1.29 is 27.2 Å². The van der Waals surface area contributed by atoms with Gasteiger partial charge in [-0.1, -0.05) is 18.2 Å². The third-order valence-electron chi connectivity index (χ3n) is 3.65. The van der Waals surface area contributed by atoms with Crippen molar-refractivity contribution in [1.29, 1.82) is 0 Å². The Balaban J connectivity index is 1.97. The molecule has 1 saturated heterocycles. The van der Waals surface area contributed by atoms with E-state index in [1.54, 1.807) is 6.07 Å². The lowest BCUT2D eigenvalue weighted by atomic mass is 9.96. The van der Waals surface area contributed by atoms with Crippen LogP contribution in [0, 0.1) is 11.7 Å². The average molecular weight is 332 g/mol. The molecule has 1 aliphatic rings. The van der Waals surface area contributed by atoms with E-state index < -0.39 is 30.4 Å². The van der Waals surface area contributed by atoms with Gasteiger partial charge in [0.25, 0.3) is 0 Å². The van der Waals surface area contributed by atoms with Gasteiger partial charge in [0, 0.05) is 25.1 Å². The number of alkyl halides is 3. The van der Waals surface area contributed by atoms with E-state index in [2.05, 4.69) is 0 Å². The summed E-state index contributed by atoms with van der Waals surface area (Å²) in [5, 5.41) is 1.83. The fourth-order valence-electron chi connectivity index (χ4n) is 2.45. The summed E-state index contributed by atoms with van der Waals surface area (Å²) < 4.78 is 50.0. The summed E-state index contributed by atoms with van der Waals surface area (Å²) in [4.78, 5) is 25.0. The van der Waals surface area contributed by atoms with E-state index in [0.717, 1.165) is 0 Å². The van der Waals surface area contributed by atoms with Gasteiger partial charge in [0.2, 0.25) is 11.8 Å². The maximum atomic E-state index is 13.6. The molecule has 126 valence electrons. The van der Waals surface area contributed by atoms with Crippen molar-refractivity contribution in [3.63, 3.8) is 0 Å². The van der Waals surface area contributed by atoms with E-state index in [1.807, 2.05) is 5.32 Å². The van der Waals surface area contributed by atoms with Crippen LogP contribution in [0.4, 0.5) is 17.6 Å². The van der Waals surface area contributed by atoms with Crippen molar-refractivity contribution in [3.8, 4) is 0 Å². The molecule has 2 rings (SSSR count). The summed E-state index contributed by atoms with van der Waals surface area (Å²) in [6.45, 7) is -1.42. The second kappa shape index (κ2) is 6.97. The summed E-state index contributed by atoms with van der Waals surface area (Å²) in [7, 11) is 0. The Labute approximate surface area is 130 Å². The highest BCUT2D eigenvalue weighted by molar-refractivity contribution is 5.83. The monoisotopic (exact) mass is 332 g/mol. The first-order valence-electron chi connectivity index (χ1n) is 7.12. The lowest BCUT2D eigenvalue weighted by Gasteiger charge is -2.32. The number of likely N-dealkylation sites (tertiary alicyclic amines) is 1. The maximum absolute atomic E-state index is 13.6. The second-order valence-corrected chi connectivity index (χ2v) is 5.43. The predicted octanol–water partition coefficient (Wildman–Crippen LogP) is 2.24. The van der Waals surface area contributed by atoms with E-state index in [9.17, 15) is 27.2 Å². The Hall–Kier alpha value is -2.12. The zero-order valence-corrected chi connectivity index (χ0v) is 12.2. The van der Waals surface area contributed by atoms with Gasteiger partial charge in [0.1, 0.15) is 12.4 Å². The largest absolute Gasteiger partial charge is 0.405 e. The van der Waals surface area contributed by atoms with Gasteiger partial charge in [-0.05, 0) is 12.5 Å². The van der Waals surface area contributed by atoms with Gasteiger partial charge in [-0.15, -0.1) is 0 Å². The highest BCUT2D eigenvalue weighted by atomic mass is 19.4. The normalized spacial score (nSPS) is 18.9. The van der Waals surface area contributed by atoms with E-state index in [1.165, 1.54) is 23.1 Å². The van der Waals surface area contributed by atoms with Crippen LogP contribution in [-0.4, -0.2) is 36.0 Å². The number of halogens is 4. The minimum Gasteiger partial charge on any atom is -0.347 e. The molecule has 1 atom stereocenters. The molecule has 23 heavy (non-hydrogen) atoms. The van der Waals surface area contributed by atoms with Crippen LogP contribution in [0.15, 0.2) is 24.3 Å². The molecule has 8 heteroatoms. The molecular formula is C15H16F4N2O2. The smallest absolute Gasteiger partial charge is 0.347 e. The number of rotatable bonds is 4. The minimum absolute atomic E-state index is 0.00540. The molecule has 0 radical (unpaired) electrons. The number of piperidine rings is 1. The molecule has 1 fully saturated rings. The van der Waals surface area contributed by atoms with Gasteiger partial charge in [-0.3, -0.25) is 9.59 Å². The molecular weight excluding hydrogens is 316 g/mol. The van der Waals surface area contributed by atoms with Gasteiger partial charge >= 0.3 is 6.18 Å². The quantitative estimate of drug-likeness (QED) is 0.860. The van der Waals surface area contributed by atoms with Crippen molar-refractivity contribution in [2.75, 3.05) is 13.1 Å². The van der Waals surface area contributed by atoms with Crippen molar-refractivity contribution in [3.05, 3.63) is 35.6 Å². The number of carbonyl (C=O) groups is 2. The molecule has 0 spiro atoms. The fourth-order valence-corrected chi connectivity index (χ4v) is 2.45. The number of nitrogens with zero attached hydrogens (tertiary/aromatic N) is 1. The SMILES string of the molecule is O=C(NCC(F)(F)F)[C@H]1CCC(=O)N(Cc2ccccc2F)C1. The van der Waals surface area contributed by atoms with Crippen LogP contribution < -0.4 is 5.32 Å². The van der Waals surface area contributed by atoms with Crippen molar-refractivity contribution in [2.45, 2.75) is 25.6 Å². The molecule has 0 aromatic heterocycles. The van der Waals surface area contributed by atoms with Crippen LogP contribution >= 0.6 is 0 Å². The van der Waals surface area contributed by atoms with E-state index >= 15 is 0 Å². The van der Waals surface area contributed by atoms with Crippen LogP contribution in [0.1, 0.15) is 18.4 Å². The zero-order valence-electron chi connectivity index (χ0n) is 12.2. The first-order chi connectivity index (χ1) is 10.8. The maximum Gasteiger partial charge on any atom is 0.405 e. The van der Waals surface area contributed by atoms with Gasteiger partial charge < -0.3 is 10.2 Å². The predicted molar refractivity (Wildman–Crippen MR) is 73.6 cm³/mol. The number of carbonyl (C=O) groups excluding carboxylic acids is 2. The molecule has 2 amide bonds. The topological polar surface area (TPSA) is 49.4 Å². The molecule has 0 unspecified atom stereocenters. The third-order valence-corrected chi connectivity index (χ3v) is 3.65. The van der Waals surface area contributed by atoms with Gasteiger partial charge in [0.05, 0.1) is 5.92 Å². The van der Waals surface area contributed by atoms with Crippen LogP contribution in [0.3, 0.4) is 0 Å². The molecule has 0 aliphatic carbocycles. The van der Waals surface area contributed by atoms with Crippen LogP contribution in [-0.2, 0) is 16.1 Å². The second-order valence-electron chi connectivity index (χ2n) is 5.43. The average Bonchev–Trinajstić information content (AvgIpc) is 2.48. The van der Waals surface area contributed by atoms with Crippen molar-refractivity contribution in [1.82, 2.24) is 10.2 Å². The molecule has 1 aliphatic heterocycles. The molecule has 1 heterocycles. The molecule has 1 N–H and O–H groups in total. The van der Waals surface area contributed by atoms with E-state index in [0.29, 0.717) is 5.56 Å². The van der Waals surface area contributed by atoms with Crippen LogP contribution in [0.5, 0.6) is 0 Å². The zero-order chi connectivity index (χ0) is 17.0. The van der Waals surface area contributed by atoms with Gasteiger partial charge in [0.15, 0.2) is 0 Å². The summed E-state index contributed by atoms with van der Waals surface area (Å²) >= 11 is 0. The third kappa shape index (κ3) is 4.94. The number of hydrogen-bond acceptors (Lipinski definition) is 2. The summed E-state index contributed by atoms with van der Waals surface area (Å²) in [5.74, 6) is -2.17. The summed E-state index contributed by atoms with van der Waals surface area (Å²) in [5.41, 5.74) is 0.303. The van der Waals surface area contributed by atoms with Crippen molar-refractivity contribution in [2.24, 2.45) is 5.92 Å². The molecule has 4 nitrogen and oxygen atoms in total. The number of amides is 2. The summed E-state index contributed by atoms with van der Waals surface area (Å²) in [6, 6.07) is 5.93. The lowest BCUT2D eigenvalue weighted by Crippen LogP contribution is -2.47. The first-order valence-corrected chi connectivity index (χ1v) is 7.12. The van der Waals surface area contributed by atoms with E-state index in [-0.39, 0.29) is 31.8 Å². The molecule has 0 saturated carbocycles. The standard InChI is InChI=1S/C15H16F4N2O2/c16-12-4-2-1-3-10(12)7-21-8-11(5-6-13(21)22)14(23)20-9-15(17,18)19/h1-4,11H,5-9H2,(H,20,23)/t11-/m0/s1. The Morgan fingerprint density at radius 2 is 2.00 bits per heavy atom. The fraction of sp³-hybridized carbons (Fsp3) is 0.467. The Bertz CT molecular complexity index is 589. The number of hydrogen-bond donors (Lipinski definition) is 1. The van der Waals surface area contributed by atoms with Crippen LogP contribution in [0.25, 0.3) is 0 Å². The summed E-state index contributed by atoms with van der Waals surface area (Å²) in [6.07, 6.45) is -4.23. The van der Waals surface area contributed by atoms with E-state index in [4.69, 9.17) is 0 Å². The lowest BCUT2D eigenvalue weighted by molar-refractivity contribution is -0.145. The number of benzene rings is 1. The van der Waals surface area contributed by atoms with Crippen LogP contribution in [0.2, 0.25) is 0 Å². The first kappa shape index (κ1) is 17.2. The molecule has 1 aromatic rings. The minimum atomic E-state index is -4.48. The Morgan fingerprint density at radius 3 is 2.65 bits per heavy atom.